The summed E-state index contributed by atoms with van der Waals surface area (Å²) in [4.78, 5) is 20.4. The summed E-state index contributed by atoms with van der Waals surface area (Å²) < 4.78 is 9.88. The third kappa shape index (κ3) is 1.54. The lowest BCUT2D eigenvalue weighted by molar-refractivity contribution is -0.402. The number of benzene rings is 1. The molecule has 0 amide bonds. The molecule has 0 aliphatic heterocycles. The highest BCUT2D eigenvalue weighted by molar-refractivity contribution is 5.95. The lowest BCUT2D eigenvalue weighted by Crippen LogP contribution is -1.95. The Hall–Kier alpha value is -2.64. The van der Waals surface area contributed by atoms with Gasteiger partial charge in [0.15, 0.2) is 5.75 Å². The van der Waals surface area contributed by atoms with Gasteiger partial charge in [-0.2, -0.15) is 0 Å². The molecule has 2 aromatic rings. The zero-order chi connectivity index (χ0) is 13.4. The second-order valence-electron chi connectivity index (χ2n) is 3.54. The van der Waals surface area contributed by atoms with E-state index in [1.807, 2.05) is 0 Å². The SMILES string of the molecule is COc1ccc2oc([N+](=O)[O-])c(C)c2c1[N+](=O)[O-]. The van der Waals surface area contributed by atoms with E-state index in [0.29, 0.717) is 0 Å². The van der Waals surface area contributed by atoms with Crippen molar-refractivity contribution in [1.29, 1.82) is 0 Å². The van der Waals surface area contributed by atoms with Crippen LogP contribution in [-0.2, 0) is 0 Å². The Morgan fingerprint density at radius 2 is 1.89 bits per heavy atom. The van der Waals surface area contributed by atoms with Gasteiger partial charge in [0.05, 0.1) is 17.6 Å². The van der Waals surface area contributed by atoms with Gasteiger partial charge in [0, 0.05) is 0 Å². The molecule has 0 unspecified atom stereocenters. The van der Waals surface area contributed by atoms with Gasteiger partial charge >= 0.3 is 11.6 Å². The molecule has 1 heterocycles. The van der Waals surface area contributed by atoms with Crippen LogP contribution in [0.25, 0.3) is 11.0 Å². The molecule has 0 spiro atoms. The molecule has 94 valence electrons. The number of nitrogens with zero attached hydrogens (tertiary/aromatic N) is 2. The molecule has 2 rings (SSSR count). The number of hydrogen-bond donors (Lipinski definition) is 0. The molecule has 0 aliphatic carbocycles. The van der Waals surface area contributed by atoms with Gasteiger partial charge in [0.2, 0.25) is 0 Å². The van der Waals surface area contributed by atoms with Crippen LogP contribution in [0.3, 0.4) is 0 Å². The fourth-order valence-electron chi connectivity index (χ4n) is 1.81. The largest absolute Gasteiger partial charge is 0.490 e. The molecular formula is C10H8N2O6. The summed E-state index contributed by atoms with van der Waals surface area (Å²) in [6, 6.07) is 2.74. The maximum absolute atomic E-state index is 11.0. The number of hydrogen-bond acceptors (Lipinski definition) is 6. The third-order valence-corrected chi connectivity index (χ3v) is 2.57. The van der Waals surface area contributed by atoms with Gasteiger partial charge in [-0.3, -0.25) is 20.2 Å². The number of methoxy groups -OCH3 is 1. The average Bonchev–Trinajstić information content (AvgIpc) is 2.65. The maximum atomic E-state index is 11.0. The van der Waals surface area contributed by atoms with Crippen molar-refractivity contribution in [3.8, 4) is 5.75 Å². The summed E-state index contributed by atoms with van der Waals surface area (Å²) >= 11 is 0. The first-order chi connectivity index (χ1) is 8.47. The minimum atomic E-state index is -0.717. The van der Waals surface area contributed by atoms with Crippen molar-refractivity contribution in [3.63, 3.8) is 0 Å². The first kappa shape index (κ1) is 11.8. The Kier molecular flexibility index (Phi) is 2.62. The number of rotatable bonds is 3. The molecule has 1 aromatic heterocycles. The van der Waals surface area contributed by atoms with Crippen LogP contribution in [0.2, 0.25) is 0 Å². The molecular weight excluding hydrogens is 244 g/mol. The van der Waals surface area contributed by atoms with E-state index in [-0.39, 0.29) is 28.0 Å². The second kappa shape index (κ2) is 3.99. The fraction of sp³-hybridized carbons (Fsp3) is 0.200. The van der Waals surface area contributed by atoms with E-state index in [0.717, 1.165) is 0 Å². The highest BCUT2D eigenvalue weighted by atomic mass is 16.7. The van der Waals surface area contributed by atoms with Gasteiger partial charge in [-0.05, 0) is 19.1 Å². The highest BCUT2D eigenvalue weighted by Crippen LogP contribution is 2.41. The van der Waals surface area contributed by atoms with Crippen molar-refractivity contribution in [2.75, 3.05) is 7.11 Å². The standard InChI is InChI=1S/C10H8N2O6/c1-5-8-6(18-10(5)12(15)16)3-4-7(17-2)9(8)11(13)14/h3-4H,1-2H3. The van der Waals surface area contributed by atoms with Crippen LogP contribution in [-0.4, -0.2) is 17.0 Å². The molecule has 0 aliphatic rings. The van der Waals surface area contributed by atoms with E-state index in [1.54, 1.807) is 0 Å². The molecule has 8 heteroatoms. The van der Waals surface area contributed by atoms with Crippen LogP contribution >= 0.6 is 0 Å². The molecule has 0 N–H and O–H groups in total. The summed E-state index contributed by atoms with van der Waals surface area (Å²) in [7, 11) is 1.29. The Morgan fingerprint density at radius 3 is 2.39 bits per heavy atom. The van der Waals surface area contributed by atoms with E-state index in [2.05, 4.69) is 0 Å². The van der Waals surface area contributed by atoms with Gasteiger partial charge in [0.25, 0.3) is 0 Å². The Morgan fingerprint density at radius 1 is 1.22 bits per heavy atom. The lowest BCUT2D eigenvalue weighted by Gasteiger charge is -2.01. The summed E-state index contributed by atoms with van der Waals surface area (Å²) in [5.74, 6) is -0.465. The summed E-state index contributed by atoms with van der Waals surface area (Å²) in [5.41, 5.74) is -0.128. The monoisotopic (exact) mass is 252 g/mol. The topological polar surface area (TPSA) is 109 Å². The number of nitro groups is 2. The van der Waals surface area contributed by atoms with E-state index < -0.39 is 15.7 Å². The molecule has 1 aromatic carbocycles. The zero-order valence-corrected chi connectivity index (χ0v) is 9.50. The second-order valence-corrected chi connectivity index (χ2v) is 3.54. The van der Waals surface area contributed by atoms with Gasteiger partial charge in [-0.25, -0.2) is 0 Å². The Balaban J connectivity index is 2.91. The van der Waals surface area contributed by atoms with Crippen LogP contribution in [0.5, 0.6) is 5.75 Å². The molecule has 0 fully saturated rings. The minimum Gasteiger partial charge on any atom is -0.490 e. The van der Waals surface area contributed by atoms with E-state index in [9.17, 15) is 20.2 Å². The smallest absolute Gasteiger partial charge is 0.437 e. The summed E-state index contributed by atoms with van der Waals surface area (Å²) in [6.45, 7) is 1.40. The van der Waals surface area contributed by atoms with E-state index in [1.165, 1.54) is 26.2 Å². The minimum absolute atomic E-state index is 0.0336. The van der Waals surface area contributed by atoms with Crippen molar-refractivity contribution in [3.05, 3.63) is 37.9 Å². The first-order valence-corrected chi connectivity index (χ1v) is 4.86. The Bertz CT molecular complexity index is 660. The molecule has 0 bridgehead atoms. The highest BCUT2D eigenvalue weighted by Gasteiger charge is 2.29. The van der Waals surface area contributed by atoms with Crippen LogP contribution in [0.1, 0.15) is 5.56 Å². The van der Waals surface area contributed by atoms with Crippen LogP contribution in [0.4, 0.5) is 11.6 Å². The predicted molar refractivity (Wildman–Crippen MR) is 60.8 cm³/mol. The molecule has 8 nitrogen and oxygen atoms in total. The van der Waals surface area contributed by atoms with E-state index in [4.69, 9.17) is 9.15 Å². The van der Waals surface area contributed by atoms with Crippen LogP contribution < -0.4 is 4.74 Å². The molecule has 0 saturated carbocycles. The van der Waals surface area contributed by atoms with Crippen molar-refractivity contribution in [2.24, 2.45) is 0 Å². The van der Waals surface area contributed by atoms with Crippen molar-refractivity contribution in [1.82, 2.24) is 0 Å². The van der Waals surface area contributed by atoms with Crippen molar-refractivity contribution in [2.45, 2.75) is 6.92 Å². The van der Waals surface area contributed by atoms with Crippen molar-refractivity contribution < 1.29 is 19.0 Å². The van der Waals surface area contributed by atoms with Gasteiger partial charge in [-0.1, -0.05) is 0 Å². The third-order valence-electron chi connectivity index (χ3n) is 2.57. The predicted octanol–water partition coefficient (Wildman–Crippen LogP) is 2.57. The number of ether oxygens (including phenoxy) is 1. The number of furan rings is 1. The summed E-state index contributed by atoms with van der Waals surface area (Å²) in [5, 5.41) is 21.9. The summed E-state index contributed by atoms with van der Waals surface area (Å²) in [6.07, 6.45) is 0. The van der Waals surface area contributed by atoms with Crippen molar-refractivity contribution >= 4 is 22.5 Å². The molecule has 0 radical (unpaired) electrons. The number of nitro benzene ring substituents is 1. The van der Waals surface area contributed by atoms with Gasteiger partial charge in [-0.15, -0.1) is 0 Å². The quantitative estimate of drug-likeness (QED) is 0.613. The fourth-order valence-corrected chi connectivity index (χ4v) is 1.81. The first-order valence-electron chi connectivity index (χ1n) is 4.86. The van der Waals surface area contributed by atoms with Gasteiger partial charge in [0.1, 0.15) is 15.9 Å². The number of aryl methyl sites for hydroxylation is 1. The zero-order valence-electron chi connectivity index (χ0n) is 9.50. The molecule has 0 atom stereocenters. The maximum Gasteiger partial charge on any atom is 0.437 e. The number of fused-ring (bicyclic) bond motifs is 1. The molecule has 18 heavy (non-hydrogen) atoms. The Labute approximate surface area is 100 Å². The van der Waals surface area contributed by atoms with Gasteiger partial charge < -0.3 is 9.15 Å². The lowest BCUT2D eigenvalue weighted by atomic mass is 10.1. The molecule has 0 saturated heterocycles. The van der Waals surface area contributed by atoms with E-state index >= 15 is 0 Å². The van der Waals surface area contributed by atoms with Crippen LogP contribution in [0.15, 0.2) is 16.5 Å². The average molecular weight is 252 g/mol. The van der Waals surface area contributed by atoms with Crippen LogP contribution in [0, 0.1) is 27.2 Å². The normalized spacial score (nSPS) is 10.6.